The van der Waals surface area contributed by atoms with Gasteiger partial charge in [-0.3, -0.25) is 4.68 Å². The number of nitrogens with zero attached hydrogens (tertiary/aromatic N) is 3. The highest BCUT2D eigenvalue weighted by Crippen LogP contribution is 2.39. The number of rotatable bonds is 5. The van der Waals surface area contributed by atoms with E-state index in [1.807, 2.05) is 11.7 Å². The van der Waals surface area contributed by atoms with Crippen molar-refractivity contribution in [2.75, 3.05) is 0 Å². The monoisotopic (exact) mass is 292 g/mol. The van der Waals surface area contributed by atoms with E-state index >= 15 is 0 Å². The van der Waals surface area contributed by atoms with Crippen molar-refractivity contribution >= 4 is 11.6 Å². The third-order valence-corrected chi connectivity index (χ3v) is 4.56. The van der Waals surface area contributed by atoms with Crippen LogP contribution in [0.5, 0.6) is 0 Å². The van der Waals surface area contributed by atoms with Crippen molar-refractivity contribution in [2.45, 2.75) is 38.8 Å². The molecule has 1 unspecified atom stereocenters. The zero-order chi connectivity index (χ0) is 14.3. The molecule has 0 aliphatic heterocycles. The van der Waals surface area contributed by atoms with Crippen LogP contribution < -0.4 is 5.73 Å². The largest absolute Gasteiger partial charge is 0.348 e. The Kier molecular flexibility index (Phi) is 3.61. The van der Waals surface area contributed by atoms with Gasteiger partial charge in [0.2, 0.25) is 0 Å². The van der Waals surface area contributed by atoms with Gasteiger partial charge in [-0.15, -0.1) is 0 Å². The Morgan fingerprint density at radius 3 is 2.85 bits per heavy atom. The van der Waals surface area contributed by atoms with Gasteiger partial charge in [-0.05, 0) is 36.8 Å². The standard InChI is InChI=1S/C15H21ClN4/c1-3-12-14(16)13(19(2)18-12)9-20-7-6-11(8-20)15(17)10-4-5-10/h6-8,10,15H,3-5,9,17H2,1-2H3. The molecule has 2 aromatic heterocycles. The number of aromatic nitrogens is 3. The van der Waals surface area contributed by atoms with Gasteiger partial charge in [0, 0.05) is 25.5 Å². The lowest BCUT2D eigenvalue weighted by atomic mass is 10.1. The summed E-state index contributed by atoms with van der Waals surface area (Å²) in [6.07, 6.45) is 7.60. The van der Waals surface area contributed by atoms with E-state index in [0.717, 1.165) is 29.4 Å². The van der Waals surface area contributed by atoms with Gasteiger partial charge in [-0.25, -0.2) is 0 Å². The molecule has 0 spiro atoms. The summed E-state index contributed by atoms with van der Waals surface area (Å²) < 4.78 is 4.02. The molecule has 3 rings (SSSR count). The lowest BCUT2D eigenvalue weighted by Gasteiger charge is -2.08. The highest BCUT2D eigenvalue weighted by atomic mass is 35.5. The normalized spacial score (nSPS) is 16.6. The Morgan fingerprint density at radius 1 is 1.50 bits per heavy atom. The minimum Gasteiger partial charge on any atom is -0.348 e. The highest BCUT2D eigenvalue weighted by molar-refractivity contribution is 6.31. The van der Waals surface area contributed by atoms with Gasteiger partial charge < -0.3 is 10.3 Å². The van der Waals surface area contributed by atoms with Crippen molar-refractivity contribution in [2.24, 2.45) is 18.7 Å². The topological polar surface area (TPSA) is 48.8 Å². The van der Waals surface area contributed by atoms with Crippen LogP contribution in [-0.2, 0) is 20.0 Å². The Balaban J connectivity index is 1.79. The maximum Gasteiger partial charge on any atom is 0.0868 e. The predicted molar refractivity (Wildman–Crippen MR) is 80.8 cm³/mol. The summed E-state index contributed by atoms with van der Waals surface area (Å²) in [4.78, 5) is 0. The molecule has 0 bridgehead atoms. The van der Waals surface area contributed by atoms with E-state index in [2.05, 4.69) is 35.0 Å². The van der Waals surface area contributed by atoms with E-state index in [0.29, 0.717) is 5.92 Å². The molecule has 0 aromatic carbocycles. The van der Waals surface area contributed by atoms with Crippen LogP contribution in [0.1, 0.15) is 42.8 Å². The van der Waals surface area contributed by atoms with Gasteiger partial charge in [-0.2, -0.15) is 5.10 Å². The molecule has 1 fully saturated rings. The van der Waals surface area contributed by atoms with Crippen molar-refractivity contribution in [1.29, 1.82) is 0 Å². The van der Waals surface area contributed by atoms with Gasteiger partial charge in [0.05, 0.1) is 23.0 Å². The second-order valence-electron chi connectivity index (χ2n) is 5.66. The summed E-state index contributed by atoms with van der Waals surface area (Å²) in [7, 11) is 1.95. The molecule has 0 saturated heterocycles. The summed E-state index contributed by atoms with van der Waals surface area (Å²) in [6, 6.07) is 2.30. The molecular formula is C15H21ClN4. The van der Waals surface area contributed by atoms with E-state index in [1.165, 1.54) is 18.4 Å². The number of nitrogens with two attached hydrogens (primary N) is 1. The summed E-state index contributed by atoms with van der Waals surface area (Å²) in [5, 5.41) is 5.24. The minimum absolute atomic E-state index is 0.185. The van der Waals surface area contributed by atoms with Crippen molar-refractivity contribution in [3.8, 4) is 0 Å². The quantitative estimate of drug-likeness (QED) is 0.921. The fraction of sp³-hybridized carbons (Fsp3) is 0.533. The maximum atomic E-state index is 6.39. The molecule has 1 aliphatic carbocycles. The van der Waals surface area contributed by atoms with Crippen LogP contribution in [0.4, 0.5) is 0 Å². The van der Waals surface area contributed by atoms with Crippen molar-refractivity contribution in [3.05, 3.63) is 40.4 Å². The molecule has 2 N–H and O–H groups in total. The van der Waals surface area contributed by atoms with Gasteiger partial charge in [0.1, 0.15) is 0 Å². The lowest BCUT2D eigenvalue weighted by molar-refractivity contribution is 0.626. The molecule has 0 amide bonds. The molecule has 2 aromatic rings. The van der Waals surface area contributed by atoms with E-state index < -0.39 is 0 Å². The molecule has 1 aliphatic rings. The molecule has 0 radical (unpaired) electrons. The molecule has 1 saturated carbocycles. The third-order valence-electron chi connectivity index (χ3n) is 4.12. The van der Waals surface area contributed by atoms with E-state index in [1.54, 1.807) is 0 Å². The first-order valence-corrected chi connectivity index (χ1v) is 7.59. The Labute approximate surface area is 124 Å². The number of aryl methyl sites for hydroxylation is 2. The van der Waals surface area contributed by atoms with Gasteiger partial charge >= 0.3 is 0 Å². The summed E-state index contributed by atoms with van der Waals surface area (Å²) in [5.41, 5.74) is 9.47. The first kappa shape index (κ1) is 13.7. The van der Waals surface area contributed by atoms with Crippen LogP contribution in [0.15, 0.2) is 18.5 Å². The SMILES string of the molecule is CCc1nn(C)c(Cn2ccc(C(N)C3CC3)c2)c1Cl. The summed E-state index contributed by atoms with van der Waals surface area (Å²) in [5.74, 6) is 0.679. The average molecular weight is 293 g/mol. The Hall–Kier alpha value is -1.26. The Morgan fingerprint density at radius 2 is 2.25 bits per heavy atom. The van der Waals surface area contributed by atoms with Crippen LogP contribution >= 0.6 is 11.6 Å². The van der Waals surface area contributed by atoms with Crippen LogP contribution in [0.2, 0.25) is 5.02 Å². The lowest BCUT2D eigenvalue weighted by Crippen LogP contribution is -2.11. The predicted octanol–water partition coefficient (Wildman–Crippen LogP) is 2.90. The van der Waals surface area contributed by atoms with E-state index in [4.69, 9.17) is 17.3 Å². The average Bonchev–Trinajstić information content (AvgIpc) is 3.13. The minimum atomic E-state index is 0.185. The smallest absolute Gasteiger partial charge is 0.0868 e. The zero-order valence-electron chi connectivity index (χ0n) is 12.0. The van der Waals surface area contributed by atoms with Gasteiger partial charge in [0.25, 0.3) is 0 Å². The second kappa shape index (κ2) is 5.26. The summed E-state index contributed by atoms with van der Waals surface area (Å²) in [6.45, 7) is 2.81. The first-order chi connectivity index (χ1) is 9.60. The Bertz CT molecular complexity index is 609. The zero-order valence-corrected chi connectivity index (χ0v) is 12.8. The van der Waals surface area contributed by atoms with Gasteiger partial charge in [-0.1, -0.05) is 18.5 Å². The summed E-state index contributed by atoms with van der Waals surface area (Å²) >= 11 is 6.39. The molecule has 5 heteroatoms. The van der Waals surface area contributed by atoms with Crippen molar-refractivity contribution in [1.82, 2.24) is 14.3 Å². The fourth-order valence-corrected chi connectivity index (χ4v) is 3.00. The number of halogens is 1. The van der Waals surface area contributed by atoms with Crippen LogP contribution in [0, 0.1) is 5.92 Å². The van der Waals surface area contributed by atoms with Crippen molar-refractivity contribution < 1.29 is 0 Å². The van der Waals surface area contributed by atoms with Crippen LogP contribution in [0.25, 0.3) is 0 Å². The van der Waals surface area contributed by atoms with Crippen molar-refractivity contribution in [3.63, 3.8) is 0 Å². The van der Waals surface area contributed by atoms with Gasteiger partial charge in [0.15, 0.2) is 0 Å². The van der Waals surface area contributed by atoms with Crippen LogP contribution in [-0.4, -0.2) is 14.3 Å². The maximum absolute atomic E-state index is 6.39. The number of hydrogen-bond acceptors (Lipinski definition) is 2. The molecule has 1 atom stereocenters. The number of hydrogen-bond donors (Lipinski definition) is 1. The molecule has 2 heterocycles. The third kappa shape index (κ3) is 2.50. The second-order valence-corrected chi connectivity index (χ2v) is 6.04. The molecule has 108 valence electrons. The molecular weight excluding hydrogens is 272 g/mol. The molecule has 4 nitrogen and oxygen atoms in total. The van der Waals surface area contributed by atoms with Crippen LogP contribution in [0.3, 0.4) is 0 Å². The van der Waals surface area contributed by atoms with E-state index in [-0.39, 0.29) is 6.04 Å². The fourth-order valence-electron chi connectivity index (χ4n) is 2.65. The highest BCUT2D eigenvalue weighted by Gasteiger charge is 2.29. The van der Waals surface area contributed by atoms with E-state index in [9.17, 15) is 0 Å². The first-order valence-electron chi connectivity index (χ1n) is 7.21. The molecule has 20 heavy (non-hydrogen) atoms.